The lowest BCUT2D eigenvalue weighted by Gasteiger charge is -2.06. The third kappa shape index (κ3) is 2.35. The summed E-state index contributed by atoms with van der Waals surface area (Å²) in [6, 6.07) is 5.01. The predicted octanol–water partition coefficient (Wildman–Crippen LogP) is 3.46. The number of rotatable bonds is 4. The number of imidazole rings is 1. The Labute approximate surface area is 118 Å². The number of benzene rings is 1. The molecule has 0 aliphatic heterocycles. The summed E-state index contributed by atoms with van der Waals surface area (Å²) in [6.07, 6.45) is 2.44. The van der Waals surface area contributed by atoms with Crippen molar-refractivity contribution in [2.45, 2.75) is 13.0 Å². The molecule has 0 radical (unpaired) electrons. The Bertz CT molecular complexity index is 693. The van der Waals surface area contributed by atoms with Gasteiger partial charge < -0.3 is 4.57 Å². The highest BCUT2D eigenvalue weighted by atomic mass is 35.5. The molecule has 98 valence electrons. The van der Waals surface area contributed by atoms with Gasteiger partial charge in [-0.1, -0.05) is 6.07 Å². The van der Waals surface area contributed by atoms with Crippen LogP contribution in [0.4, 0.5) is 4.39 Å². The summed E-state index contributed by atoms with van der Waals surface area (Å²) < 4.78 is 15.8. The highest BCUT2D eigenvalue weighted by Crippen LogP contribution is 2.22. The van der Waals surface area contributed by atoms with Gasteiger partial charge in [-0.15, -0.1) is 22.9 Å². The molecule has 0 saturated carbocycles. The van der Waals surface area contributed by atoms with E-state index in [1.165, 1.54) is 6.07 Å². The van der Waals surface area contributed by atoms with Gasteiger partial charge in [-0.2, -0.15) is 0 Å². The summed E-state index contributed by atoms with van der Waals surface area (Å²) in [5.41, 5.74) is 3.00. The Hall–Kier alpha value is -1.46. The minimum Gasteiger partial charge on any atom is -0.322 e. The number of halogens is 2. The molecule has 3 nitrogen and oxygen atoms in total. The van der Waals surface area contributed by atoms with Gasteiger partial charge in [0.25, 0.3) is 0 Å². The second-order valence-electron chi connectivity index (χ2n) is 4.13. The van der Waals surface area contributed by atoms with Gasteiger partial charge in [-0.25, -0.2) is 9.37 Å². The Morgan fingerprint density at radius 2 is 2.26 bits per heavy atom. The maximum absolute atomic E-state index is 13.8. The topological polar surface area (TPSA) is 30.7 Å². The predicted molar refractivity (Wildman–Crippen MR) is 75.3 cm³/mol. The number of hydrogen-bond donors (Lipinski definition) is 0. The third-order valence-electron chi connectivity index (χ3n) is 2.92. The number of aryl methyl sites for hydroxylation is 1. The van der Waals surface area contributed by atoms with Gasteiger partial charge in [0.05, 0.1) is 17.6 Å². The van der Waals surface area contributed by atoms with Crippen molar-refractivity contribution in [1.82, 2.24) is 14.5 Å². The first kappa shape index (κ1) is 12.6. The second kappa shape index (κ2) is 5.27. The maximum atomic E-state index is 13.8. The molecule has 0 unspecified atom stereocenters. The quantitative estimate of drug-likeness (QED) is 0.690. The first-order chi connectivity index (χ1) is 9.29. The largest absolute Gasteiger partial charge is 0.322 e. The van der Waals surface area contributed by atoms with Crippen molar-refractivity contribution in [2.24, 2.45) is 0 Å². The molecule has 0 aliphatic rings. The Kier molecular flexibility index (Phi) is 3.48. The minimum absolute atomic E-state index is 0.295. The lowest BCUT2D eigenvalue weighted by Crippen LogP contribution is -2.04. The van der Waals surface area contributed by atoms with Crippen LogP contribution in [0.3, 0.4) is 0 Å². The van der Waals surface area contributed by atoms with E-state index in [9.17, 15) is 4.39 Å². The van der Waals surface area contributed by atoms with E-state index >= 15 is 0 Å². The van der Waals surface area contributed by atoms with Crippen molar-refractivity contribution < 1.29 is 4.39 Å². The number of fused-ring (bicyclic) bond motifs is 1. The van der Waals surface area contributed by atoms with Crippen molar-refractivity contribution >= 4 is 34.0 Å². The van der Waals surface area contributed by atoms with Crippen LogP contribution in [0.1, 0.15) is 10.7 Å². The fourth-order valence-corrected chi connectivity index (χ4v) is 2.84. The Morgan fingerprint density at radius 1 is 1.37 bits per heavy atom. The number of nitrogens with zero attached hydrogens (tertiary/aromatic N) is 3. The van der Waals surface area contributed by atoms with E-state index in [-0.39, 0.29) is 5.82 Å². The van der Waals surface area contributed by atoms with Gasteiger partial charge in [0, 0.05) is 23.4 Å². The molecule has 0 bridgehead atoms. The van der Waals surface area contributed by atoms with Crippen LogP contribution in [-0.2, 0) is 13.0 Å². The van der Waals surface area contributed by atoms with Gasteiger partial charge in [0.15, 0.2) is 5.82 Å². The molecule has 0 saturated heterocycles. The molecule has 0 amide bonds. The molecule has 3 rings (SSSR count). The zero-order chi connectivity index (χ0) is 13.2. The smallest absolute Gasteiger partial charge is 0.151 e. The van der Waals surface area contributed by atoms with Crippen LogP contribution in [0.2, 0.25) is 0 Å². The van der Waals surface area contributed by atoms with E-state index < -0.39 is 0 Å². The first-order valence-corrected chi connectivity index (χ1v) is 7.28. The molecule has 0 aliphatic carbocycles. The second-order valence-corrected chi connectivity index (χ2v) is 5.48. The zero-order valence-corrected chi connectivity index (χ0v) is 11.6. The summed E-state index contributed by atoms with van der Waals surface area (Å²) >= 11 is 7.37. The van der Waals surface area contributed by atoms with Crippen LogP contribution in [0.25, 0.3) is 11.0 Å². The highest BCUT2D eigenvalue weighted by molar-refractivity contribution is 7.09. The molecule has 19 heavy (non-hydrogen) atoms. The average Bonchev–Trinajstić information content (AvgIpc) is 3.01. The van der Waals surface area contributed by atoms with Crippen LogP contribution < -0.4 is 0 Å². The van der Waals surface area contributed by atoms with Crippen molar-refractivity contribution in [3.8, 4) is 0 Å². The van der Waals surface area contributed by atoms with Crippen molar-refractivity contribution in [2.75, 3.05) is 5.88 Å². The first-order valence-electron chi connectivity index (χ1n) is 5.86. The van der Waals surface area contributed by atoms with Crippen LogP contribution in [0, 0.1) is 5.82 Å². The van der Waals surface area contributed by atoms with E-state index in [4.69, 9.17) is 11.6 Å². The van der Waals surface area contributed by atoms with E-state index in [2.05, 4.69) is 9.97 Å². The summed E-state index contributed by atoms with van der Waals surface area (Å²) in [5, 5.41) is 0. The highest BCUT2D eigenvalue weighted by Gasteiger charge is 2.13. The normalized spacial score (nSPS) is 11.3. The molecule has 1 aromatic carbocycles. The standard InChI is InChI=1S/C13H11ClFN3S/c14-5-4-12-17-13-10(15)2-1-3-11(13)18(12)7-9-6-16-8-19-9/h1-3,6,8H,4-5,7H2. The number of aromatic nitrogens is 3. The van der Waals surface area contributed by atoms with Gasteiger partial charge in [0.1, 0.15) is 11.3 Å². The summed E-state index contributed by atoms with van der Waals surface area (Å²) in [6.45, 7) is 0.650. The molecule has 2 heterocycles. The molecule has 0 atom stereocenters. The third-order valence-corrected chi connectivity index (χ3v) is 3.88. The van der Waals surface area contributed by atoms with Gasteiger partial charge in [0.2, 0.25) is 0 Å². The molecule has 3 aromatic rings. The van der Waals surface area contributed by atoms with Crippen LogP contribution in [0.15, 0.2) is 29.9 Å². The number of alkyl halides is 1. The zero-order valence-electron chi connectivity index (χ0n) is 10.0. The van der Waals surface area contributed by atoms with Gasteiger partial charge >= 0.3 is 0 Å². The molecule has 0 spiro atoms. The summed E-state index contributed by atoms with van der Waals surface area (Å²) in [5.74, 6) is 0.980. The fraction of sp³-hybridized carbons (Fsp3) is 0.231. The van der Waals surface area contributed by atoms with E-state index in [1.54, 1.807) is 22.9 Å². The average molecular weight is 296 g/mol. The van der Waals surface area contributed by atoms with E-state index in [0.29, 0.717) is 24.4 Å². The van der Waals surface area contributed by atoms with Gasteiger partial charge in [-0.05, 0) is 12.1 Å². The molecular formula is C13H11ClFN3S. The molecular weight excluding hydrogens is 285 g/mol. The SMILES string of the molecule is Fc1cccc2c1nc(CCCl)n2Cc1cncs1. The molecule has 0 N–H and O–H groups in total. The van der Waals surface area contributed by atoms with Crippen LogP contribution >= 0.6 is 22.9 Å². The lowest BCUT2D eigenvalue weighted by atomic mass is 10.3. The Morgan fingerprint density at radius 3 is 3.00 bits per heavy atom. The molecule has 2 aromatic heterocycles. The lowest BCUT2D eigenvalue weighted by molar-refractivity contribution is 0.637. The van der Waals surface area contributed by atoms with Gasteiger partial charge in [-0.3, -0.25) is 4.98 Å². The molecule has 6 heteroatoms. The number of thiazole rings is 1. The minimum atomic E-state index is -0.295. The molecule has 0 fully saturated rings. The van der Waals surface area contributed by atoms with Crippen molar-refractivity contribution in [3.05, 3.63) is 46.4 Å². The summed E-state index contributed by atoms with van der Waals surface area (Å²) in [4.78, 5) is 9.54. The maximum Gasteiger partial charge on any atom is 0.151 e. The fourth-order valence-electron chi connectivity index (χ4n) is 2.09. The van der Waals surface area contributed by atoms with Crippen molar-refractivity contribution in [1.29, 1.82) is 0 Å². The van der Waals surface area contributed by atoms with Crippen LogP contribution in [-0.4, -0.2) is 20.4 Å². The summed E-state index contributed by atoms with van der Waals surface area (Å²) in [7, 11) is 0. The monoisotopic (exact) mass is 295 g/mol. The Balaban J connectivity index is 2.13. The van der Waals surface area contributed by atoms with Crippen LogP contribution in [0.5, 0.6) is 0 Å². The number of para-hydroxylation sites is 1. The van der Waals surface area contributed by atoms with Crippen molar-refractivity contribution in [3.63, 3.8) is 0 Å². The van der Waals surface area contributed by atoms with E-state index in [0.717, 1.165) is 16.2 Å². The van der Waals surface area contributed by atoms with E-state index in [1.807, 2.05) is 16.8 Å². The number of hydrogen-bond acceptors (Lipinski definition) is 3.